The molecule has 0 radical (unpaired) electrons. The van der Waals surface area contributed by atoms with Gasteiger partial charge in [0.05, 0.1) is 11.1 Å². The van der Waals surface area contributed by atoms with Crippen LogP contribution >= 0.6 is 22.9 Å². The first-order valence-electron chi connectivity index (χ1n) is 5.14. The molecule has 0 saturated carbocycles. The van der Waals surface area contributed by atoms with Crippen LogP contribution in [0, 0.1) is 5.82 Å². The highest BCUT2D eigenvalue weighted by Gasteiger charge is 2.12. The molecule has 1 aromatic carbocycles. The van der Waals surface area contributed by atoms with Crippen molar-refractivity contribution in [2.45, 2.75) is 12.5 Å². The van der Waals surface area contributed by atoms with Gasteiger partial charge in [-0.3, -0.25) is 11.3 Å². The lowest BCUT2D eigenvalue weighted by Gasteiger charge is -2.14. The maximum atomic E-state index is 13.3. The fourth-order valence-electron chi connectivity index (χ4n) is 1.63. The van der Waals surface area contributed by atoms with E-state index < -0.39 is 5.82 Å². The molecule has 0 spiro atoms. The van der Waals surface area contributed by atoms with E-state index in [0.717, 1.165) is 10.4 Å². The minimum Gasteiger partial charge on any atom is -0.271 e. The number of thiophene rings is 1. The molecule has 0 saturated heterocycles. The van der Waals surface area contributed by atoms with Gasteiger partial charge in [-0.25, -0.2) is 4.39 Å². The third-order valence-corrected chi connectivity index (χ3v) is 3.80. The van der Waals surface area contributed by atoms with Gasteiger partial charge in [0.15, 0.2) is 0 Å². The van der Waals surface area contributed by atoms with Gasteiger partial charge in [0.1, 0.15) is 5.82 Å². The average molecular weight is 271 g/mol. The molecular weight excluding hydrogens is 259 g/mol. The van der Waals surface area contributed by atoms with Crippen molar-refractivity contribution in [3.8, 4) is 0 Å². The quantitative estimate of drug-likeness (QED) is 0.661. The molecule has 1 aromatic heterocycles. The molecule has 17 heavy (non-hydrogen) atoms. The van der Waals surface area contributed by atoms with Crippen molar-refractivity contribution in [2.24, 2.45) is 5.84 Å². The molecule has 2 nitrogen and oxygen atoms in total. The fourth-order valence-corrected chi connectivity index (χ4v) is 2.54. The van der Waals surface area contributed by atoms with E-state index in [4.69, 9.17) is 17.4 Å². The van der Waals surface area contributed by atoms with Crippen LogP contribution in [-0.4, -0.2) is 0 Å². The number of nitrogens with two attached hydrogens (primary N) is 1. The normalized spacial score (nSPS) is 12.6. The monoisotopic (exact) mass is 270 g/mol. The summed E-state index contributed by atoms with van der Waals surface area (Å²) in [4.78, 5) is 1.13. The Morgan fingerprint density at radius 3 is 2.82 bits per heavy atom. The number of hydrogen-bond acceptors (Lipinski definition) is 3. The molecule has 0 aliphatic heterocycles. The lowest BCUT2D eigenvalue weighted by Crippen LogP contribution is -2.28. The Labute approximate surface area is 108 Å². The van der Waals surface area contributed by atoms with E-state index in [1.54, 1.807) is 17.4 Å². The van der Waals surface area contributed by atoms with Crippen LogP contribution in [0.3, 0.4) is 0 Å². The summed E-state index contributed by atoms with van der Waals surface area (Å²) in [6.07, 6.45) is 0.630. The second-order valence-corrected chi connectivity index (χ2v) is 5.07. The SMILES string of the molecule is NNC(Cc1ccc(Cl)c(F)c1)c1cccs1. The van der Waals surface area contributed by atoms with Crippen LogP contribution in [0.15, 0.2) is 35.7 Å². The first-order chi connectivity index (χ1) is 8.20. The van der Waals surface area contributed by atoms with Crippen LogP contribution in [0.1, 0.15) is 16.5 Å². The lowest BCUT2D eigenvalue weighted by atomic mass is 10.1. The molecular formula is C12H12ClFN2S. The van der Waals surface area contributed by atoms with Gasteiger partial charge in [-0.2, -0.15) is 0 Å². The van der Waals surface area contributed by atoms with E-state index in [1.807, 2.05) is 23.6 Å². The van der Waals surface area contributed by atoms with Crippen molar-refractivity contribution in [3.05, 3.63) is 57.0 Å². The summed E-state index contributed by atoms with van der Waals surface area (Å²) in [6, 6.07) is 8.78. The molecule has 0 amide bonds. The summed E-state index contributed by atoms with van der Waals surface area (Å²) in [5.41, 5.74) is 3.61. The molecule has 2 rings (SSSR count). The van der Waals surface area contributed by atoms with Gasteiger partial charge in [-0.15, -0.1) is 11.3 Å². The molecule has 3 N–H and O–H groups in total. The summed E-state index contributed by atoms with van der Waals surface area (Å²) in [6.45, 7) is 0. The highest BCUT2D eigenvalue weighted by molar-refractivity contribution is 7.10. The number of rotatable bonds is 4. The Morgan fingerprint density at radius 2 is 2.24 bits per heavy atom. The number of halogens is 2. The zero-order valence-electron chi connectivity index (χ0n) is 8.99. The second-order valence-electron chi connectivity index (χ2n) is 3.69. The second kappa shape index (κ2) is 5.60. The summed E-state index contributed by atoms with van der Waals surface area (Å²) >= 11 is 7.26. The zero-order chi connectivity index (χ0) is 12.3. The van der Waals surface area contributed by atoms with Crippen molar-refractivity contribution in [2.75, 3.05) is 0 Å². The molecule has 0 aliphatic carbocycles. The third-order valence-electron chi connectivity index (χ3n) is 2.51. The van der Waals surface area contributed by atoms with Gasteiger partial charge in [0.2, 0.25) is 0 Å². The average Bonchev–Trinajstić information content (AvgIpc) is 2.84. The maximum Gasteiger partial charge on any atom is 0.142 e. The maximum absolute atomic E-state index is 13.3. The van der Waals surface area contributed by atoms with Crippen LogP contribution in [0.2, 0.25) is 5.02 Å². The van der Waals surface area contributed by atoms with Gasteiger partial charge in [-0.05, 0) is 35.6 Å². The lowest BCUT2D eigenvalue weighted by molar-refractivity contribution is 0.557. The molecule has 2 aromatic rings. The predicted octanol–water partition coefficient (Wildman–Crippen LogP) is 3.29. The van der Waals surface area contributed by atoms with Gasteiger partial charge in [0, 0.05) is 4.88 Å². The summed E-state index contributed by atoms with van der Waals surface area (Å²) < 4.78 is 13.3. The Morgan fingerprint density at radius 1 is 1.41 bits per heavy atom. The third kappa shape index (κ3) is 3.04. The Kier molecular flexibility index (Phi) is 4.12. The highest BCUT2D eigenvalue weighted by atomic mass is 35.5. The van der Waals surface area contributed by atoms with E-state index in [0.29, 0.717) is 6.42 Å². The predicted molar refractivity (Wildman–Crippen MR) is 69.5 cm³/mol. The minimum absolute atomic E-state index is 0.00410. The number of nitrogens with one attached hydrogen (secondary N) is 1. The molecule has 5 heteroatoms. The highest BCUT2D eigenvalue weighted by Crippen LogP contribution is 2.24. The molecule has 90 valence electrons. The first kappa shape index (κ1) is 12.5. The zero-order valence-corrected chi connectivity index (χ0v) is 10.6. The van der Waals surface area contributed by atoms with Crippen molar-refractivity contribution in [3.63, 3.8) is 0 Å². The smallest absolute Gasteiger partial charge is 0.142 e. The van der Waals surface area contributed by atoms with Gasteiger partial charge in [0.25, 0.3) is 0 Å². The standard InChI is InChI=1S/C12H12ClFN2S/c13-9-4-3-8(6-10(9)14)7-11(16-15)12-2-1-5-17-12/h1-6,11,16H,7,15H2. The van der Waals surface area contributed by atoms with E-state index in [2.05, 4.69) is 5.43 Å². The molecule has 1 unspecified atom stereocenters. The van der Waals surface area contributed by atoms with Gasteiger partial charge >= 0.3 is 0 Å². The van der Waals surface area contributed by atoms with Crippen LogP contribution < -0.4 is 11.3 Å². The van der Waals surface area contributed by atoms with Crippen LogP contribution in [0.25, 0.3) is 0 Å². The summed E-state index contributed by atoms with van der Waals surface area (Å²) in [5.74, 6) is 5.12. The number of hydrogen-bond donors (Lipinski definition) is 2. The fraction of sp³-hybridized carbons (Fsp3) is 0.167. The topological polar surface area (TPSA) is 38.0 Å². The first-order valence-corrected chi connectivity index (χ1v) is 6.40. The summed E-state index contributed by atoms with van der Waals surface area (Å²) in [7, 11) is 0. The van der Waals surface area contributed by atoms with Gasteiger partial charge < -0.3 is 0 Å². The number of hydrazine groups is 1. The molecule has 0 fully saturated rings. The molecule has 1 atom stereocenters. The van der Waals surface area contributed by atoms with Crippen molar-refractivity contribution >= 4 is 22.9 Å². The largest absolute Gasteiger partial charge is 0.271 e. The van der Waals surface area contributed by atoms with E-state index in [9.17, 15) is 4.39 Å². The van der Waals surface area contributed by atoms with Crippen LogP contribution in [0.4, 0.5) is 4.39 Å². The molecule has 0 aliphatic rings. The van der Waals surface area contributed by atoms with E-state index >= 15 is 0 Å². The van der Waals surface area contributed by atoms with Crippen LogP contribution in [-0.2, 0) is 6.42 Å². The minimum atomic E-state index is -0.397. The van der Waals surface area contributed by atoms with Gasteiger partial charge in [-0.1, -0.05) is 23.7 Å². The van der Waals surface area contributed by atoms with Crippen molar-refractivity contribution in [1.29, 1.82) is 0 Å². The Balaban J connectivity index is 2.16. The molecule has 0 bridgehead atoms. The van der Waals surface area contributed by atoms with Crippen molar-refractivity contribution in [1.82, 2.24) is 5.43 Å². The van der Waals surface area contributed by atoms with Crippen molar-refractivity contribution < 1.29 is 4.39 Å². The van der Waals surface area contributed by atoms with Crippen LogP contribution in [0.5, 0.6) is 0 Å². The Hall–Kier alpha value is -0.940. The molecule has 1 heterocycles. The number of benzene rings is 1. The van der Waals surface area contributed by atoms with E-state index in [-0.39, 0.29) is 11.1 Å². The Bertz CT molecular complexity index is 487. The summed E-state index contributed by atoms with van der Waals surface area (Å²) in [5, 5.41) is 2.13. The van der Waals surface area contributed by atoms with E-state index in [1.165, 1.54) is 6.07 Å².